The topological polar surface area (TPSA) is 75.1 Å². The Hall–Kier alpha value is -1.21. The van der Waals surface area contributed by atoms with E-state index in [9.17, 15) is 9.90 Å². The van der Waals surface area contributed by atoms with E-state index in [4.69, 9.17) is 23.2 Å². The third-order valence-electron chi connectivity index (χ3n) is 2.38. The van der Waals surface area contributed by atoms with Crippen LogP contribution in [-0.4, -0.2) is 27.1 Å². The van der Waals surface area contributed by atoms with Crippen LogP contribution in [-0.2, 0) is 0 Å². The summed E-state index contributed by atoms with van der Waals surface area (Å²) in [7, 11) is 0. The molecule has 0 aliphatic carbocycles. The standard InChI is InChI=1S/C11H9Cl2N3O2S/c12-6-2-1-3-7(13)10(6)9(17)4-14-11(18)8-5-19-16-15-8/h1-3,5,9,17H,4H2,(H,14,18). The maximum Gasteiger partial charge on any atom is 0.272 e. The van der Waals surface area contributed by atoms with Crippen LogP contribution >= 0.6 is 34.7 Å². The molecule has 1 aromatic carbocycles. The summed E-state index contributed by atoms with van der Waals surface area (Å²) in [5, 5.41) is 18.4. The van der Waals surface area contributed by atoms with Crippen LogP contribution in [0.2, 0.25) is 10.0 Å². The molecule has 5 nitrogen and oxygen atoms in total. The van der Waals surface area contributed by atoms with Gasteiger partial charge in [-0.05, 0) is 23.7 Å². The average molecular weight is 318 g/mol. The van der Waals surface area contributed by atoms with Gasteiger partial charge in [0.05, 0.1) is 6.10 Å². The number of aromatic nitrogens is 2. The fraction of sp³-hybridized carbons (Fsp3) is 0.182. The molecule has 0 spiro atoms. The van der Waals surface area contributed by atoms with Crippen molar-refractivity contribution < 1.29 is 9.90 Å². The second-order valence-electron chi connectivity index (χ2n) is 3.65. The molecule has 1 heterocycles. The number of hydrogen-bond acceptors (Lipinski definition) is 5. The molecule has 19 heavy (non-hydrogen) atoms. The lowest BCUT2D eigenvalue weighted by molar-refractivity contribution is 0.0911. The van der Waals surface area contributed by atoms with Crippen molar-refractivity contribution in [3.05, 3.63) is 44.9 Å². The summed E-state index contributed by atoms with van der Waals surface area (Å²) < 4.78 is 3.58. The first-order valence-corrected chi connectivity index (χ1v) is 6.86. The van der Waals surface area contributed by atoms with Crippen molar-refractivity contribution in [2.45, 2.75) is 6.10 Å². The van der Waals surface area contributed by atoms with E-state index in [0.29, 0.717) is 15.6 Å². The molecule has 8 heteroatoms. The number of rotatable bonds is 4. The number of benzene rings is 1. The summed E-state index contributed by atoms with van der Waals surface area (Å²) in [6.45, 7) is -0.0141. The summed E-state index contributed by atoms with van der Waals surface area (Å²) in [4.78, 5) is 11.6. The predicted octanol–water partition coefficient (Wildman–Crippen LogP) is 2.31. The number of halogens is 2. The normalized spacial score (nSPS) is 12.2. The number of aliphatic hydroxyl groups excluding tert-OH is 1. The van der Waals surface area contributed by atoms with Crippen molar-refractivity contribution in [1.82, 2.24) is 14.9 Å². The Morgan fingerprint density at radius 3 is 2.68 bits per heavy atom. The molecule has 2 N–H and O–H groups in total. The number of hydrogen-bond donors (Lipinski definition) is 2. The van der Waals surface area contributed by atoms with Crippen LogP contribution in [0, 0.1) is 0 Å². The van der Waals surface area contributed by atoms with E-state index in [1.54, 1.807) is 18.2 Å². The van der Waals surface area contributed by atoms with Gasteiger partial charge in [0, 0.05) is 27.5 Å². The Labute approximate surface area is 123 Å². The monoisotopic (exact) mass is 317 g/mol. The van der Waals surface area contributed by atoms with Crippen LogP contribution in [0.25, 0.3) is 0 Å². The second kappa shape index (κ2) is 6.29. The van der Waals surface area contributed by atoms with Crippen LogP contribution in [0.3, 0.4) is 0 Å². The fourth-order valence-corrected chi connectivity index (χ4v) is 2.56. The lowest BCUT2D eigenvalue weighted by Gasteiger charge is -2.14. The van der Waals surface area contributed by atoms with Crippen molar-refractivity contribution in [1.29, 1.82) is 0 Å². The van der Waals surface area contributed by atoms with Gasteiger partial charge >= 0.3 is 0 Å². The van der Waals surface area contributed by atoms with Crippen LogP contribution < -0.4 is 5.32 Å². The van der Waals surface area contributed by atoms with Crippen molar-refractivity contribution in [3.63, 3.8) is 0 Å². The van der Waals surface area contributed by atoms with E-state index >= 15 is 0 Å². The Morgan fingerprint density at radius 1 is 1.42 bits per heavy atom. The number of nitrogens with one attached hydrogen (secondary N) is 1. The van der Waals surface area contributed by atoms with Gasteiger partial charge in [-0.15, -0.1) is 5.10 Å². The minimum Gasteiger partial charge on any atom is -0.386 e. The maximum absolute atomic E-state index is 11.6. The average Bonchev–Trinajstić information content (AvgIpc) is 2.89. The minimum absolute atomic E-state index is 0.0141. The summed E-state index contributed by atoms with van der Waals surface area (Å²) in [6, 6.07) is 4.93. The smallest absolute Gasteiger partial charge is 0.272 e. The van der Waals surface area contributed by atoms with Gasteiger partial charge < -0.3 is 10.4 Å². The molecule has 0 aliphatic rings. The molecule has 0 bridgehead atoms. The first kappa shape index (κ1) is 14.2. The molecule has 0 fully saturated rings. The molecule has 0 aliphatic heterocycles. The van der Waals surface area contributed by atoms with E-state index in [0.717, 1.165) is 11.5 Å². The zero-order valence-corrected chi connectivity index (χ0v) is 11.8. The van der Waals surface area contributed by atoms with E-state index in [2.05, 4.69) is 14.9 Å². The fourth-order valence-electron chi connectivity index (χ4n) is 1.47. The van der Waals surface area contributed by atoms with Gasteiger partial charge in [0.25, 0.3) is 5.91 Å². The minimum atomic E-state index is -0.989. The van der Waals surface area contributed by atoms with Crippen molar-refractivity contribution in [3.8, 4) is 0 Å². The lowest BCUT2D eigenvalue weighted by atomic mass is 10.1. The van der Waals surface area contributed by atoms with Gasteiger partial charge in [0.1, 0.15) is 0 Å². The van der Waals surface area contributed by atoms with Gasteiger partial charge in [-0.3, -0.25) is 4.79 Å². The van der Waals surface area contributed by atoms with E-state index in [-0.39, 0.29) is 12.2 Å². The molecule has 1 unspecified atom stereocenters. The molecule has 1 atom stereocenters. The zero-order valence-electron chi connectivity index (χ0n) is 9.51. The lowest BCUT2D eigenvalue weighted by Crippen LogP contribution is -2.28. The summed E-state index contributed by atoms with van der Waals surface area (Å²) >= 11 is 13.0. The molecule has 100 valence electrons. The highest BCUT2D eigenvalue weighted by Gasteiger charge is 2.17. The molecule has 2 aromatic rings. The Bertz CT molecular complexity index is 557. The highest BCUT2D eigenvalue weighted by molar-refractivity contribution is 7.03. The molecule has 1 aromatic heterocycles. The second-order valence-corrected chi connectivity index (χ2v) is 5.08. The number of carbonyl (C=O) groups excluding carboxylic acids is 1. The van der Waals surface area contributed by atoms with Crippen LogP contribution in [0.4, 0.5) is 0 Å². The van der Waals surface area contributed by atoms with E-state index in [1.807, 2.05) is 0 Å². The first-order valence-electron chi connectivity index (χ1n) is 5.27. The van der Waals surface area contributed by atoms with Gasteiger partial charge in [-0.25, -0.2) is 0 Å². The molecule has 0 saturated heterocycles. The highest BCUT2D eigenvalue weighted by atomic mass is 35.5. The molecule has 1 amide bonds. The Balaban J connectivity index is 2.02. The number of nitrogens with zero attached hydrogens (tertiary/aromatic N) is 2. The van der Waals surface area contributed by atoms with Crippen LogP contribution in [0.1, 0.15) is 22.2 Å². The van der Waals surface area contributed by atoms with Crippen LogP contribution in [0.15, 0.2) is 23.6 Å². The Morgan fingerprint density at radius 2 is 2.11 bits per heavy atom. The zero-order chi connectivity index (χ0) is 13.8. The van der Waals surface area contributed by atoms with E-state index < -0.39 is 12.0 Å². The molecular formula is C11H9Cl2N3O2S. The largest absolute Gasteiger partial charge is 0.386 e. The summed E-state index contributed by atoms with van der Waals surface area (Å²) in [5.41, 5.74) is 0.602. The third-order valence-corrected chi connectivity index (χ3v) is 3.55. The quantitative estimate of drug-likeness (QED) is 0.907. The predicted molar refractivity (Wildman–Crippen MR) is 73.7 cm³/mol. The van der Waals surface area contributed by atoms with Crippen molar-refractivity contribution in [2.24, 2.45) is 0 Å². The summed E-state index contributed by atoms with van der Waals surface area (Å²) in [6.07, 6.45) is -0.989. The Kier molecular flexibility index (Phi) is 4.71. The molecule has 0 radical (unpaired) electrons. The molecular weight excluding hydrogens is 309 g/mol. The number of aliphatic hydroxyl groups is 1. The van der Waals surface area contributed by atoms with Crippen LogP contribution in [0.5, 0.6) is 0 Å². The molecule has 2 rings (SSSR count). The maximum atomic E-state index is 11.6. The van der Waals surface area contributed by atoms with Gasteiger partial charge in [0.2, 0.25) is 0 Å². The van der Waals surface area contributed by atoms with Crippen molar-refractivity contribution in [2.75, 3.05) is 6.54 Å². The number of carbonyl (C=O) groups is 1. The van der Waals surface area contributed by atoms with Gasteiger partial charge in [0.15, 0.2) is 5.69 Å². The van der Waals surface area contributed by atoms with Crippen molar-refractivity contribution >= 4 is 40.6 Å². The SMILES string of the molecule is O=C(NCC(O)c1c(Cl)cccc1Cl)c1csnn1. The highest BCUT2D eigenvalue weighted by Crippen LogP contribution is 2.29. The number of amides is 1. The molecule has 0 saturated carbocycles. The van der Waals surface area contributed by atoms with Gasteiger partial charge in [-0.1, -0.05) is 33.8 Å². The summed E-state index contributed by atoms with van der Waals surface area (Å²) in [5.74, 6) is -0.407. The van der Waals surface area contributed by atoms with Gasteiger partial charge in [-0.2, -0.15) is 0 Å². The first-order chi connectivity index (χ1) is 9.09. The third kappa shape index (κ3) is 3.42. The van der Waals surface area contributed by atoms with E-state index in [1.165, 1.54) is 5.38 Å².